The predicted octanol–water partition coefficient (Wildman–Crippen LogP) is 3.13. The maximum atomic E-state index is 11.9. The smallest absolute Gasteiger partial charge is 0.338 e. The Balaban J connectivity index is 1.74. The van der Waals surface area contributed by atoms with Gasteiger partial charge in [-0.05, 0) is 48.4 Å². The van der Waals surface area contributed by atoms with E-state index in [0.717, 1.165) is 18.4 Å². The highest BCUT2D eigenvalue weighted by atomic mass is 16.5. The molecule has 2 aromatic carbocycles. The zero-order valence-corrected chi connectivity index (χ0v) is 16.6. The second-order valence-electron chi connectivity index (χ2n) is 6.27. The lowest BCUT2D eigenvalue weighted by Crippen LogP contribution is -2.28. The fraction of sp³-hybridized carbons (Fsp3) is 0.318. The molecule has 2 rings (SSSR count). The molecule has 0 heterocycles. The molecule has 0 radical (unpaired) electrons. The summed E-state index contributed by atoms with van der Waals surface area (Å²) in [7, 11) is 1.32. The van der Waals surface area contributed by atoms with E-state index in [9.17, 15) is 14.4 Å². The van der Waals surface area contributed by atoms with E-state index in [4.69, 9.17) is 9.47 Å². The Morgan fingerprint density at radius 3 is 2.14 bits per heavy atom. The lowest BCUT2D eigenvalue weighted by atomic mass is 10.1. The summed E-state index contributed by atoms with van der Waals surface area (Å²) in [6.07, 6.45) is 1.79. The molecular formula is C22H25NO6. The molecule has 0 saturated heterocycles. The van der Waals surface area contributed by atoms with Crippen molar-refractivity contribution in [3.8, 4) is 5.75 Å². The number of hydrogen-bond acceptors (Lipinski definition) is 6. The number of unbranched alkanes of at least 4 members (excludes halogenated alkanes) is 1. The fourth-order valence-electron chi connectivity index (χ4n) is 2.36. The highest BCUT2D eigenvalue weighted by Gasteiger charge is 2.08. The van der Waals surface area contributed by atoms with Gasteiger partial charge in [-0.1, -0.05) is 25.5 Å². The molecule has 0 saturated carbocycles. The Morgan fingerprint density at radius 1 is 0.897 bits per heavy atom. The Morgan fingerprint density at radius 2 is 1.52 bits per heavy atom. The second-order valence-corrected chi connectivity index (χ2v) is 6.27. The van der Waals surface area contributed by atoms with Gasteiger partial charge in [0.2, 0.25) is 0 Å². The minimum absolute atomic E-state index is 0.152. The summed E-state index contributed by atoms with van der Waals surface area (Å²) in [5, 5.41) is 2.74. The average molecular weight is 399 g/mol. The number of rotatable bonds is 10. The average Bonchev–Trinajstić information content (AvgIpc) is 2.76. The number of amides is 1. The van der Waals surface area contributed by atoms with E-state index in [2.05, 4.69) is 10.1 Å². The molecule has 29 heavy (non-hydrogen) atoms. The van der Waals surface area contributed by atoms with Crippen LogP contribution in [0.5, 0.6) is 5.75 Å². The first-order chi connectivity index (χ1) is 14.0. The maximum absolute atomic E-state index is 11.9. The molecule has 0 aromatic heterocycles. The van der Waals surface area contributed by atoms with Crippen molar-refractivity contribution in [2.75, 3.05) is 20.3 Å². The van der Waals surface area contributed by atoms with Gasteiger partial charge >= 0.3 is 11.9 Å². The Hall–Kier alpha value is -3.35. The molecule has 1 amide bonds. The molecule has 0 atom stereocenters. The molecule has 0 unspecified atom stereocenters. The van der Waals surface area contributed by atoms with E-state index < -0.39 is 5.97 Å². The van der Waals surface area contributed by atoms with Gasteiger partial charge < -0.3 is 19.5 Å². The van der Waals surface area contributed by atoms with E-state index in [1.54, 1.807) is 48.5 Å². The van der Waals surface area contributed by atoms with Crippen molar-refractivity contribution in [1.82, 2.24) is 5.32 Å². The Kier molecular flexibility index (Phi) is 8.69. The van der Waals surface area contributed by atoms with Crippen LogP contribution >= 0.6 is 0 Å². The van der Waals surface area contributed by atoms with Gasteiger partial charge in [-0.3, -0.25) is 4.79 Å². The van der Waals surface area contributed by atoms with Crippen molar-refractivity contribution in [2.45, 2.75) is 26.3 Å². The fourth-order valence-corrected chi connectivity index (χ4v) is 2.36. The third kappa shape index (κ3) is 7.29. The Bertz CT molecular complexity index is 814. The molecule has 0 bridgehead atoms. The number of carbonyl (C=O) groups excluding carboxylic acids is 3. The zero-order valence-electron chi connectivity index (χ0n) is 16.6. The van der Waals surface area contributed by atoms with Crippen molar-refractivity contribution in [3.63, 3.8) is 0 Å². The van der Waals surface area contributed by atoms with E-state index in [1.807, 2.05) is 6.92 Å². The molecule has 0 spiro atoms. The van der Waals surface area contributed by atoms with Crippen molar-refractivity contribution in [2.24, 2.45) is 0 Å². The van der Waals surface area contributed by atoms with Crippen LogP contribution in [-0.2, 0) is 20.8 Å². The van der Waals surface area contributed by atoms with Crippen molar-refractivity contribution in [3.05, 3.63) is 65.2 Å². The summed E-state index contributed by atoms with van der Waals surface area (Å²) in [6, 6.07) is 13.2. The number of esters is 2. The number of hydrogen-bond donors (Lipinski definition) is 1. The van der Waals surface area contributed by atoms with Gasteiger partial charge in [0.1, 0.15) is 5.75 Å². The van der Waals surface area contributed by atoms with Crippen LogP contribution in [0.2, 0.25) is 0 Å². The molecule has 0 aliphatic heterocycles. The monoisotopic (exact) mass is 399 g/mol. The van der Waals surface area contributed by atoms with Gasteiger partial charge in [0, 0.05) is 6.54 Å². The zero-order chi connectivity index (χ0) is 21.1. The predicted molar refractivity (Wildman–Crippen MR) is 107 cm³/mol. The summed E-state index contributed by atoms with van der Waals surface area (Å²) in [5.41, 5.74) is 1.73. The van der Waals surface area contributed by atoms with Crippen LogP contribution in [0.4, 0.5) is 0 Å². The summed E-state index contributed by atoms with van der Waals surface area (Å²) >= 11 is 0. The van der Waals surface area contributed by atoms with Crippen LogP contribution in [-0.4, -0.2) is 38.2 Å². The molecule has 154 valence electrons. The van der Waals surface area contributed by atoms with Gasteiger partial charge in [0.15, 0.2) is 6.61 Å². The SMILES string of the molecule is CCCCOC(=O)c1ccc(OCC(=O)NCc2ccc(C(=O)OC)cc2)cc1. The minimum Gasteiger partial charge on any atom is -0.484 e. The van der Waals surface area contributed by atoms with E-state index in [-0.39, 0.29) is 18.5 Å². The highest BCUT2D eigenvalue weighted by molar-refractivity contribution is 5.89. The first-order valence-corrected chi connectivity index (χ1v) is 9.37. The normalized spacial score (nSPS) is 10.1. The van der Waals surface area contributed by atoms with Crippen molar-refractivity contribution >= 4 is 17.8 Å². The summed E-state index contributed by atoms with van der Waals surface area (Å²) in [6.45, 7) is 2.59. The molecular weight excluding hydrogens is 374 g/mol. The Labute approximate surface area is 170 Å². The first kappa shape index (κ1) is 21.9. The molecule has 0 aliphatic carbocycles. The van der Waals surface area contributed by atoms with Gasteiger partial charge in [-0.25, -0.2) is 9.59 Å². The lowest BCUT2D eigenvalue weighted by molar-refractivity contribution is -0.123. The van der Waals surface area contributed by atoms with Crippen molar-refractivity contribution in [1.29, 1.82) is 0 Å². The molecule has 0 aliphatic rings. The van der Waals surface area contributed by atoms with E-state index in [1.165, 1.54) is 7.11 Å². The number of ether oxygens (including phenoxy) is 3. The number of methoxy groups -OCH3 is 1. The van der Waals surface area contributed by atoms with Crippen LogP contribution in [0.3, 0.4) is 0 Å². The lowest BCUT2D eigenvalue weighted by Gasteiger charge is -2.09. The number of carbonyl (C=O) groups is 3. The number of nitrogens with one attached hydrogen (secondary N) is 1. The van der Waals surface area contributed by atoms with Gasteiger partial charge in [-0.2, -0.15) is 0 Å². The van der Waals surface area contributed by atoms with Gasteiger partial charge in [-0.15, -0.1) is 0 Å². The molecule has 7 nitrogen and oxygen atoms in total. The third-order valence-electron chi connectivity index (χ3n) is 4.06. The second kappa shape index (κ2) is 11.5. The topological polar surface area (TPSA) is 90.9 Å². The van der Waals surface area contributed by atoms with Gasteiger partial charge in [0.05, 0.1) is 24.8 Å². The standard InChI is InChI=1S/C22H25NO6/c1-3-4-13-28-22(26)18-9-11-19(12-10-18)29-15-20(24)23-14-16-5-7-17(8-6-16)21(25)27-2/h5-12H,3-4,13-15H2,1-2H3,(H,23,24). The molecule has 2 aromatic rings. The molecule has 0 fully saturated rings. The van der Waals surface area contributed by atoms with Crippen LogP contribution in [0.1, 0.15) is 46.0 Å². The van der Waals surface area contributed by atoms with Crippen LogP contribution < -0.4 is 10.1 Å². The van der Waals surface area contributed by atoms with E-state index >= 15 is 0 Å². The van der Waals surface area contributed by atoms with Crippen LogP contribution in [0.25, 0.3) is 0 Å². The highest BCUT2D eigenvalue weighted by Crippen LogP contribution is 2.13. The number of benzene rings is 2. The van der Waals surface area contributed by atoms with Crippen LogP contribution in [0, 0.1) is 0 Å². The quantitative estimate of drug-likeness (QED) is 0.488. The minimum atomic E-state index is -0.408. The molecule has 7 heteroatoms. The third-order valence-corrected chi connectivity index (χ3v) is 4.06. The largest absolute Gasteiger partial charge is 0.484 e. The summed E-state index contributed by atoms with van der Waals surface area (Å²) < 4.78 is 15.2. The maximum Gasteiger partial charge on any atom is 0.338 e. The first-order valence-electron chi connectivity index (χ1n) is 9.37. The molecule has 1 N–H and O–H groups in total. The van der Waals surface area contributed by atoms with E-state index in [0.29, 0.717) is 30.0 Å². The van der Waals surface area contributed by atoms with Crippen molar-refractivity contribution < 1.29 is 28.6 Å². The summed E-state index contributed by atoms with van der Waals surface area (Å²) in [4.78, 5) is 35.2. The summed E-state index contributed by atoms with van der Waals surface area (Å²) in [5.74, 6) is -0.590. The van der Waals surface area contributed by atoms with Crippen LogP contribution in [0.15, 0.2) is 48.5 Å². The van der Waals surface area contributed by atoms with Gasteiger partial charge in [0.25, 0.3) is 5.91 Å².